The number of amides is 2. The molecule has 0 spiro atoms. The van der Waals surface area contributed by atoms with E-state index in [1.807, 2.05) is 13.8 Å². The lowest BCUT2D eigenvalue weighted by molar-refractivity contribution is -0.222. The fraction of sp³-hybridized carbons (Fsp3) is 0.897. The fourth-order valence-electron chi connectivity index (χ4n) is 5.02. The summed E-state index contributed by atoms with van der Waals surface area (Å²) in [6, 6.07) is 0. The highest BCUT2D eigenvalue weighted by Gasteiger charge is 2.32. The van der Waals surface area contributed by atoms with E-state index in [0.717, 1.165) is 51.6 Å². The van der Waals surface area contributed by atoms with Crippen LogP contribution in [-0.4, -0.2) is 113 Å². The Labute approximate surface area is 245 Å². The summed E-state index contributed by atoms with van der Waals surface area (Å²) in [6.07, 6.45) is 4.45. The quantitative estimate of drug-likeness (QED) is 0.179. The molecular formula is C29H54N2O10. The predicted molar refractivity (Wildman–Crippen MR) is 151 cm³/mol. The van der Waals surface area contributed by atoms with E-state index in [1.54, 1.807) is 0 Å². The largest absolute Gasteiger partial charge is 0.394 e. The Balaban J connectivity index is 0.00000274. The molecule has 0 bridgehead atoms. The molecule has 240 valence electrons. The zero-order valence-electron chi connectivity index (χ0n) is 24.2. The number of rotatable bonds is 16. The smallest absolute Gasteiger partial charge is 0.333 e. The van der Waals surface area contributed by atoms with E-state index >= 15 is 0 Å². The van der Waals surface area contributed by atoms with Gasteiger partial charge < -0.3 is 39.3 Å². The van der Waals surface area contributed by atoms with E-state index in [2.05, 4.69) is 4.90 Å². The van der Waals surface area contributed by atoms with Gasteiger partial charge in [-0.1, -0.05) is 27.7 Å². The second-order valence-electron chi connectivity index (χ2n) is 10.3. The number of hydrogen-bond acceptors (Lipinski definition) is 11. The molecule has 12 nitrogen and oxygen atoms in total. The molecule has 0 aliphatic carbocycles. The van der Waals surface area contributed by atoms with Crippen molar-refractivity contribution in [3.63, 3.8) is 0 Å². The molecule has 0 aromatic carbocycles. The highest BCUT2D eigenvalue weighted by atomic mass is 16.7. The predicted octanol–water partition coefficient (Wildman–Crippen LogP) is 2.31. The average Bonchev–Trinajstić information content (AvgIpc) is 3.26. The number of carbonyl (C=O) groups is 3. The number of aliphatic hydroxyl groups is 3. The van der Waals surface area contributed by atoms with Gasteiger partial charge in [-0.25, -0.2) is 4.79 Å². The van der Waals surface area contributed by atoms with Crippen molar-refractivity contribution in [2.45, 2.75) is 129 Å². The highest BCUT2D eigenvalue weighted by molar-refractivity contribution is 6.01. The fourth-order valence-corrected chi connectivity index (χ4v) is 5.02. The Morgan fingerprint density at radius 2 is 1.73 bits per heavy atom. The van der Waals surface area contributed by atoms with Gasteiger partial charge in [-0.2, -0.15) is 0 Å². The minimum absolute atomic E-state index is 0. The van der Waals surface area contributed by atoms with Gasteiger partial charge in [-0.3, -0.25) is 9.59 Å². The molecule has 3 rings (SSSR count). The van der Waals surface area contributed by atoms with Crippen LogP contribution in [-0.2, 0) is 33.4 Å². The van der Waals surface area contributed by atoms with E-state index in [-0.39, 0.29) is 39.4 Å². The number of unbranched alkanes of at least 4 members (excludes halogenated alkanes) is 2. The molecule has 3 aliphatic rings. The highest BCUT2D eigenvalue weighted by Crippen LogP contribution is 2.21. The van der Waals surface area contributed by atoms with Gasteiger partial charge in [-0.05, 0) is 51.6 Å². The topological polar surface area (TPSA) is 155 Å². The van der Waals surface area contributed by atoms with Gasteiger partial charge in [0.05, 0.1) is 37.6 Å². The summed E-state index contributed by atoms with van der Waals surface area (Å²) in [5.41, 5.74) is 0. The van der Waals surface area contributed by atoms with Crippen LogP contribution in [0.25, 0.3) is 0 Å². The van der Waals surface area contributed by atoms with Crippen LogP contribution in [0, 0.1) is 0 Å². The molecule has 0 saturated carbocycles. The zero-order valence-corrected chi connectivity index (χ0v) is 24.2. The molecule has 5 unspecified atom stereocenters. The third-order valence-electron chi connectivity index (χ3n) is 7.18. The molecule has 3 fully saturated rings. The number of hydrogen-bond donors (Lipinski definition) is 3. The van der Waals surface area contributed by atoms with Crippen LogP contribution in [0.2, 0.25) is 0 Å². The van der Waals surface area contributed by atoms with Gasteiger partial charge in [-0.15, -0.1) is 5.06 Å². The summed E-state index contributed by atoms with van der Waals surface area (Å²) in [7, 11) is 0. The molecule has 3 heterocycles. The van der Waals surface area contributed by atoms with Crippen LogP contribution in [0.5, 0.6) is 0 Å². The first-order valence-corrected chi connectivity index (χ1v) is 15.0. The van der Waals surface area contributed by atoms with Crippen molar-refractivity contribution in [1.29, 1.82) is 0 Å². The van der Waals surface area contributed by atoms with E-state index in [1.165, 1.54) is 0 Å². The molecule has 3 aliphatic heterocycles. The average molecular weight is 591 g/mol. The first-order valence-electron chi connectivity index (χ1n) is 15.0. The number of carbonyl (C=O) groups excluding carboxylic acids is 3. The first-order chi connectivity index (χ1) is 19.4. The minimum Gasteiger partial charge on any atom is -0.394 e. The lowest BCUT2D eigenvalue weighted by Crippen LogP contribution is -2.40. The summed E-state index contributed by atoms with van der Waals surface area (Å²) >= 11 is 0. The van der Waals surface area contributed by atoms with Gasteiger partial charge >= 0.3 is 5.97 Å². The van der Waals surface area contributed by atoms with Crippen LogP contribution in [0.15, 0.2) is 0 Å². The maximum absolute atomic E-state index is 12.0. The Morgan fingerprint density at radius 3 is 2.41 bits per heavy atom. The molecule has 12 heteroatoms. The maximum atomic E-state index is 12.0. The molecule has 2 amide bonds. The van der Waals surface area contributed by atoms with Crippen LogP contribution in [0.4, 0.5) is 0 Å². The van der Waals surface area contributed by atoms with Crippen LogP contribution >= 0.6 is 0 Å². The summed E-state index contributed by atoms with van der Waals surface area (Å²) in [5, 5.41) is 30.1. The van der Waals surface area contributed by atoms with Crippen molar-refractivity contribution in [1.82, 2.24) is 9.96 Å². The second-order valence-corrected chi connectivity index (χ2v) is 10.3. The second kappa shape index (κ2) is 21.1. The van der Waals surface area contributed by atoms with Gasteiger partial charge in [0.25, 0.3) is 11.8 Å². The lowest BCUT2D eigenvalue weighted by Gasteiger charge is -2.33. The number of hydroxylamine groups is 2. The lowest BCUT2D eigenvalue weighted by atomic mass is 10.0. The van der Waals surface area contributed by atoms with Crippen LogP contribution < -0.4 is 0 Å². The monoisotopic (exact) mass is 590 g/mol. The Morgan fingerprint density at radius 1 is 1.02 bits per heavy atom. The van der Waals surface area contributed by atoms with Crippen molar-refractivity contribution in [3.05, 3.63) is 0 Å². The van der Waals surface area contributed by atoms with Crippen molar-refractivity contribution in [2.75, 3.05) is 39.5 Å². The number of imide groups is 1. The van der Waals surface area contributed by atoms with E-state index in [0.29, 0.717) is 44.1 Å². The van der Waals surface area contributed by atoms with Gasteiger partial charge in [0, 0.05) is 45.3 Å². The SMILES string of the molecule is C.CC.O=C(CCCCCN(CCCC1OCCCC1O)CCOC1CC(O)CC(CO)O1)ON1C(=O)CCC1=O. The Hall–Kier alpha value is -1.67. The summed E-state index contributed by atoms with van der Waals surface area (Å²) in [4.78, 5) is 42.3. The third-order valence-corrected chi connectivity index (χ3v) is 7.18. The van der Waals surface area contributed by atoms with Crippen LogP contribution in [0.3, 0.4) is 0 Å². The first kappa shape index (κ1) is 37.4. The number of aliphatic hydroxyl groups excluding tert-OH is 3. The van der Waals surface area contributed by atoms with Crippen molar-refractivity contribution >= 4 is 17.8 Å². The molecule has 5 atom stereocenters. The molecule has 3 saturated heterocycles. The Kier molecular flexibility index (Phi) is 19.2. The van der Waals surface area contributed by atoms with Crippen molar-refractivity contribution in [3.8, 4) is 0 Å². The summed E-state index contributed by atoms with van der Waals surface area (Å²) in [5.74, 6) is -1.54. The van der Waals surface area contributed by atoms with Gasteiger partial charge in [0.15, 0.2) is 6.29 Å². The minimum atomic E-state index is -0.583. The number of nitrogens with zero attached hydrogens (tertiary/aromatic N) is 2. The van der Waals surface area contributed by atoms with E-state index in [4.69, 9.17) is 19.0 Å². The summed E-state index contributed by atoms with van der Waals surface area (Å²) in [6.45, 7) is 7.16. The normalized spacial score (nSPS) is 26.4. The third kappa shape index (κ3) is 13.9. The summed E-state index contributed by atoms with van der Waals surface area (Å²) < 4.78 is 17.2. The van der Waals surface area contributed by atoms with Crippen LogP contribution in [0.1, 0.15) is 98.3 Å². The zero-order chi connectivity index (χ0) is 29.3. The molecule has 41 heavy (non-hydrogen) atoms. The molecule has 0 aromatic rings. The molecule has 3 N–H and O–H groups in total. The van der Waals surface area contributed by atoms with Crippen molar-refractivity contribution in [2.24, 2.45) is 0 Å². The van der Waals surface area contributed by atoms with Gasteiger partial charge in [0.1, 0.15) is 0 Å². The van der Waals surface area contributed by atoms with Gasteiger partial charge in [0.2, 0.25) is 0 Å². The Bertz CT molecular complexity index is 739. The maximum Gasteiger partial charge on any atom is 0.333 e. The molecule has 0 radical (unpaired) electrons. The van der Waals surface area contributed by atoms with Crippen molar-refractivity contribution < 1.29 is 48.8 Å². The molecular weight excluding hydrogens is 536 g/mol. The number of ether oxygens (including phenoxy) is 3. The molecule has 0 aromatic heterocycles. The van der Waals surface area contributed by atoms with E-state index < -0.39 is 42.4 Å². The van der Waals surface area contributed by atoms with E-state index in [9.17, 15) is 29.7 Å². The standard InChI is InChI=1S/C26H44N2O10.C2H6.CH4/c29-18-20-16-19(30)17-26(37-20)36-15-13-27(12-4-7-22-21(31)6-5-14-35-22)11-3-1-2-8-25(34)38-28-23(32)9-10-24(28)33;1-2;/h19-22,26,29-31H,1-18H2;1-2H3;1H4.